The zero-order chi connectivity index (χ0) is 15.2. The minimum Gasteiger partial charge on any atom is -0.496 e. The number of likely N-dealkylation sites (tertiary alicyclic amines) is 1. The summed E-state index contributed by atoms with van der Waals surface area (Å²) in [6.07, 6.45) is 3.33. The second-order valence-electron chi connectivity index (χ2n) is 4.58. The van der Waals surface area contributed by atoms with Crippen molar-refractivity contribution in [3.05, 3.63) is 28.2 Å². The van der Waals surface area contributed by atoms with Gasteiger partial charge in [-0.15, -0.1) is 0 Å². The Morgan fingerprint density at radius 1 is 1.38 bits per heavy atom. The highest BCUT2D eigenvalue weighted by Gasteiger charge is 2.23. The van der Waals surface area contributed by atoms with Gasteiger partial charge < -0.3 is 9.64 Å². The van der Waals surface area contributed by atoms with E-state index in [0.717, 1.165) is 17.3 Å². The summed E-state index contributed by atoms with van der Waals surface area (Å²) in [5, 5.41) is 3.81. The van der Waals surface area contributed by atoms with Crippen LogP contribution in [0.25, 0.3) is 0 Å². The highest BCUT2D eigenvalue weighted by molar-refractivity contribution is 9.10. The van der Waals surface area contributed by atoms with E-state index in [1.165, 1.54) is 11.1 Å². The molecule has 112 valence electrons. The number of nitrogens with one attached hydrogen (secondary N) is 1. The van der Waals surface area contributed by atoms with Crippen LogP contribution in [0.15, 0.2) is 27.8 Å². The first-order chi connectivity index (χ1) is 10.1. The molecule has 0 atom stereocenters. The van der Waals surface area contributed by atoms with Crippen LogP contribution in [0.1, 0.15) is 18.4 Å². The minimum atomic E-state index is -0.720. The summed E-state index contributed by atoms with van der Waals surface area (Å²) in [6, 6.07) is 5.42. The summed E-state index contributed by atoms with van der Waals surface area (Å²) in [5.74, 6) is -0.630. The Morgan fingerprint density at radius 3 is 2.76 bits per heavy atom. The fraction of sp³-hybridized carbons (Fsp3) is 0.357. The van der Waals surface area contributed by atoms with Crippen molar-refractivity contribution in [2.75, 3.05) is 20.2 Å². The fourth-order valence-electron chi connectivity index (χ4n) is 2.08. The zero-order valence-corrected chi connectivity index (χ0v) is 13.2. The Kier molecular flexibility index (Phi) is 5.32. The van der Waals surface area contributed by atoms with E-state index in [1.807, 2.05) is 6.07 Å². The van der Waals surface area contributed by atoms with Crippen molar-refractivity contribution in [1.82, 2.24) is 10.3 Å². The van der Waals surface area contributed by atoms with Crippen LogP contribution in [-0.4, -0.2) is 43.1 Å². The van der Waals surface area contributed by atoms with E-state index in [1.54, 1.807) is 19.2 Å². The number of rotatable bonds is 3. The molecule has 0 unspecified atom stereocenters. The lowest BCUT2D eigenvalue weighted by atomic mass is 10.2. The molecule has 0 aromatic heterocycles. The molecule has 0 spiro atoms. The van der Waals surface area contributed by atoms with Crippen LogP contribution in [0.4, 0.5) is 0 Å². The van der Waals surface area contributed by atoms with Crippen molar-refractivity contribution in [2.45, 2.75) is 12.8 Å². The first-order valence-electron chi connectivity index (χ1n) is 6.57. The van der Waals surface area contributed by atoms with Crippen molar-refractivity contribution < 1.29 is 14.3 Å². The molecule has 1 aliphatic heterocycles. The van der Waals surface area contributed by atoms with E-state index < -0.39 is 11.8 Å². The van der Waals surface area contributed by atoms with Crippen molar-refractivity contribution in [2.24, 2.45) is 5.10 Å². The molecule has 0 bridgehead atoms. The van der Waals surface area contributed by atoms with Crippen molar-refractivity contribution in [3.8, 4) is 5.75 Å². The van der Waals surface area contributed by atoms with E-state index in [4.69, 9.17) is 4.74 Å². The number of hydrogen-bond acceptors (Lipinski definition) is 4. The normalized spacial score (nSPS) is 14.5. The number of ether oxygens (including phenoxy) is 1. The van der Waals surface area contributed by atoms with Crippen molar-refractivity contribution in [1.29, 1.82) is 0 Å². The summed E-state index contributed by atoms with van der Waals surface area (Å²) in [7, 11) is 1.55. The van der Waals surface area contributed by atoms with Crippen molar-refractivity contribution in [3.63, 3.8) is 0 Å². The molecule has 1 saturated heterocycles. The highest BCUT2D eigenvalue weighted by Crippen LogP contribution is 2.21. The van der Waals surface area contributed by atoms with Crippen LogP contribution >= 0.6 is 15.9 Å². The number of halogens is 1. The number of carbonyl (C=O) groups is 2. The molecule has 6 nitrogen and oxygen atoms in total. The Labute approximate surface area is 131 Å². The molecule has 21 heavy (non-hydrogen) atoms. The number of methoxy groups -OCH3 is 1. The number of benzene rings is 1. The lowest BCUT2D eigenvalue weighted by molar-refractivity contribution is -0.145. The maximum atomic E-state index is 11.8. The molecule has 7 heteroatoms. The van der Waals surface area contributed by atoms with E-state index in [9.17, 15) is 9.59 Å². The van der Waals surface area contributed by atoms with Crippen LogP contribution < -0.4 is 10.2 Å². The molecule has 1 N–H and O–H groups in total. The second-order valence-corrected chi connectivity index (χ2v) is 5.50. The van der Waals surface area contributed by atoms with Gasteiger partial charge in [0.1, 0.15) is 5.75 Å². The van der Waals surface area contributed by atoms with E-state index in [0.29, 0.717) is 24.4 Å². The molecule has 1 fully saturated rings. The average molecular weight is 354 g/mol. The van der Waals surface area contributed by atoms with Gasteiger partial charge in [-0.3, -0.25) is 9.59 Å². The topological polar surface area (TPSA) is 71.0 Å². The summed E-state index contributed by atoms with van der Waals surface area (Å²) >= 11 is 3.35. The summed E-state index contributed by atoms with van der Waals surface area (Å²) in [5.41, 5.74) is 2.94. The molecule has 1 aromatic carbocycles. The molecule has 2 amide bonds. The molecular weight excluding hydrogens is 338 g/mol. The Bertz CT molecular complexity index is 569. The number of amides is 2. The Morgan fingerprint density at radius 2 is 2.10 bits per heavy atom. The molecular formula is C14H16BrN3O3. The third-order valence-corrected chi connectivity index (χ3v) is 3.64. The molecule has 1 aromatic rings. The van der Waals surface area contributed by atoms with Crippen LogP contribution in [0, 0.1) is 0 Å². The van der Waals surface area contributed by atoms with Gasteiger partial charge in [0, 0.05) is 23.1 Å². The minimum absolute atomic E-state index is 0.536. The van der Waals surface area contributed by atoms with Gasteiger partial charge in [-0.2, -0.15) is 5.10 Å². The van der Waals surface area contributed by atoms with Gasteiger partial charge in [-0.25, -0.2) is 5.43 Å². The Balaban J connectivity index is 1.97. The quantitative estimate of drug-likeness (QED) is 0.508. The lowest BCUT2D eigenvalue weighted by Crippen LogP contribution is -2.39. The smallest absolute Gasteiger partial charge is 0.329 e. The highest BCUT2D eigenvalue weighted by atomic mass is 79.9. The van der Waals surface area contributed by atoms with E-state index in [2.05, 4.69) is 26.5 Å². The number of hydrogen-bond donors (Lipinski definition) is 1. The largest absolute Gasteiger partial charge is 0.496 e. The molecule has 0 radical (unpaired) electrons. The first kappa shape index (κ1) is 15.5. The molecule has 1 heterocycles. The maximum absolute atomic E-state index is 11.8. The van der Waals surface area contributed by atoms with Gasteiger partial charge in [0.05, 0.1) is 13.3 Å². The summed E-state index contributed by atoms with van der Waals surface area (Å²) in [6.45, 7) is 1.27. The summed E-state index contributed by atoms with van der Waals surface area (Å²) in [4.78, 5) is 25.0. The SMILES string of the molecule is COc1ccc(Br)cc1C=NNC(=O)C(=O)N1CCCC1. The monoisotopic (exact) mass is 353 g/mol. The first-order valence-corrected chi connectivity index (χ1v) is 7.37. The standard InChI is InChI=1S/C14H16BrN3O3/c1-21-12-5-4-11(15)8-10(12)9-16-17-13(19)14(20)18-6-2-3-7-18/h4-5,8-9H,2-3,6-7H2,1H3,(H,17,19). The third-order valence-electron chi connectivity index (χ3n) is 3.15. The van der Waals surface area contributed by atoms with Crippen molar-refractivity contribution >= 4 is 34.0 Å². The number of nitrogens with zero attached hydrogens (tertiary/aromatic N) is 2. The number of hydrazone groups is 1. The van der Waals surface area contributed by atoms with Crippen LogP contribution in [0.5, 0.6) is 5.75 Å². The molecule has 0 aliphatic carbocycles. The maximum Gasteiger partial charge on any atom is 0.329 e. The fourth-order valence-corrected chi connectivity index (χ4v) is 2.46. The van der Waals surface area contributed by atoms with Crippen LogP contribution in [0.3, 0.4) is 0 Å². The summed E-state index contributed by atoms with van der Waals surface area (Å²) < 4.78 is 6.05. The van der Waals surface area contributed by atoms with Gasteiger partial charge in [0.2, 0.25) is 0 Å². The average Bonchev–Trinajstić information content (AvgIpc) is 3.00. The molecule has 2 rings (SSSR count). The van der Waals surface area contributed by atoms with Gasteiger partial charge in [0.15, 0.2) is 0 Å². The van der Waals surface area contributed by atoms with E-state index >= 15 is 0 Å². The zero-order valence-electron chi connectivity index (χ0n) is 11.6. The predicted molar refractivity (Wildman–Crippen MR) is 82.2 cm³/mol. The van der Waals surface area contributed by atoms with E-state index in [-0.39, 0.29) is 0 Å². The second kappa shape index (κ2) is 7.21. The van der Waals surface area contributed by atoms with Crippen LogP contribution in [0.2, 0.25) is 0 Å². The Hall–Kier alpha value is -1.89. The lowest BCUT2D eigenvalue weighted by Gasteiger charge is -2.12. The van der Waals surface area contributed by atoms with Gasteiger partial charge in [-0.05, 0) is 31.0 Å². The predicted octanol–water partition coefficient (Wildman–Crippen LogP) is 1.53. The molecule has 1 aliphatic rings. The van der Waals surface area contributed by atoms with Gasteiger partial charge >= 0.3 is 11.8 Å². The molecule has 0 saturated carbocycles. The third kappa shape index (κ3) is 4.04. The number of carbonyl (C=O) groups excluding carboxylic acids is 2. The van der Waals surface area contributed by atoms with Crippen LogP contribution in [-0.2, 0) is 9.59 Å². The van der Waals surface area contributed by atoms with Gasteiger partial charge in [-0.1, -0.05) is 15.9 Å². The van der Waals surface area contributed by atoms with Gasteiger partial charge in [0.25, 0.3) is 0 Å².